The standard InChI is InChI=1S/C13H21N3O3/c1-8-14-10(7-11(15-8)19-5)16-9(6-12(17)18)13(2,3)4/h7,9H,6H2,1-5H3,(H,17,18)(H,14,15,16). The second kappa shape index (κ2) is 5.86. The molecule has 1 unspecified atom stereocenters. The predicted octanol–water partition coefficient (Wildman–Crippen LogP) is 2.09. The van der Waals surface area contributed by atoms with E-state index in [9.17, 15) is 4.79 Å². The lowest BCUT2D eigenvalue weighted by molar-refractivity contribution is -0.137. The van der Waals surface area contributed by atoms with E-state index in [-0.39, 0.29) is 17.9 Å². The lowest BCUT2D eigenvalue weighted by Gasteiger charge is -2.30. The van der Waals surface area contributed by atoms with Crippen LogP contribution in [0.5, 0.6) is 5.88 Å². The highest BCUT2D eigenvalue weighted by molar-refractivity contribution is 5.68. The first-order valence-corrected chi connectivity index (χ1v) is 6.10. The van der Waals surface area contributed by atoms with Gasteiger partial charge in [0.1, 0.15) is 11.6 Å². The molecule has 19 heavy (non-hydrogen) atoms. The Kier molecular flexibility index (Phi) is 4.69. The van der Waals surface area contributed by atoms with Crippen LogP contribution in [0.2, 0.25) is 0 Å². The van der Waals surface area contributed by atoms with Crippen LogP contribution >= 0.6 is 0 Å². The highest BCUT2D eigenvalue weighted by Crippen LogP contribution is 2.26. The SMILES string of the molecule is COc1cc(NC(CC(=O)O)C(C)(C)C)nc(C)n1. The Balaban J connectivity index is 2.96. The van der Waals surface area contributed by atoms with Gasteiger partial charge in [-0.25, -0.2) is 4.98 Å². The van der Waals surface area contributed by atoms with Crippen LogP contribution in [0.4, 0.5) is 5.82 Å². The number of anilines is 1. The normalized spacial score (nSPS) is 12.9. The number of carboxylic acids is 1. The third kappa shape index (κ3) is 4.73. The van der Waals surface area contributed by atoms with Crippen LogP contribution in [-0.2, 0) is 4.79 Å². The molecule has 0 aliphatic heterocycles. The maximum atomic E-state index is 10.9. The summed E-state index contributed by atoms with van der Waals surface area (Å²) in [5, 5.41) is 12.1. The van der Waals surface area contributed by atoms with E-state index >= 15 is 0 Å². The molecule has 0 saturated heterocycles. The maximum Gasteiger partial charge on any atom is 0.305 e. The van der Waals surface area contributed by atoms with E-state index in [0.717, 1.165) is 0 Å². The van der Waals surface area contributed by atoms with Crippen LogP contribution in [0.25, 0.3) is 0 Å². The van der Waals surface area contributed by atoms with Crippen molar-refractivity contribution in [3.63, 3.8) is 0 Å². The molecule has 6 nitrogen and oxygen atoms in total. The van der Waals surface area contributed by atoms with Gasteiger partial charge in [0.2, 0.25) is 5.88 Å². The Hall–Kier alpha value is -1.85. The molecule has 106 valence electrons. The molecule has 0 spiro atoms. The van der Waals surface area contributed by atoms with E-state index in [2.05, 4.69) is 15.3 Å². The van der Waals surface area contributed by atoms with Crippen molar-refractivity contribution in [2.24, 2.45) is 5.41 Å². The third-order valence-corrected chi connectivity index (χ3v) is 2.77. The number of nitrogens with zero attached hydrogens (tertiary/aromatic N) is 2. The fourth-order valence-corrected chi connectivity index (χ4v) is 1.65. The molecular formula is C13H21N3O3. The highest BCUT2D eigenvalue weighted by atomic mass is 16.5. The average molecular weight is 267 g/mol. The quantitative estimate of drug-likeness (QED) is 0.849. The Morgan fingerprint density at radius 1 is 1.47 bits per heavy atom. The van der Waals surface area contributed by atoms with Crippen molar-refractivity contribution >= 4 is 11.8 Å². The van der Waals surface area contributed by atoms with Crippen LogP contribution in [-0.4, -0.2) is 34.2 Å². The molecule has 6 heteroatoms. The summed E-state index contributed by atoms with van der Waals surface area (Å²) in [6.45, 7) is 7.72. The van der Waals surface area contributed by atoms with Crippen molar-refractivity contribution in [1.82, 2.24) is 9.97 Å². The molecule has 0 aliphatic rings. The van der Waals surface area contributed by atoms with E-state index in [1.807, 2.05) is 20.8 Å². The molecule has 0 radical (unpaired) electrons. The fourth-order valence-electron chi connectivity index (χ4n) is 1.65. The number of hydrogen-bond acceptors (Lipinski definition) is 5. The number of carbonyl (C=O) groups is 1. The Labute approximate surface area is 113 Å². The number of aryl methyl sites for hydroxylation is 1. The van der Waals surface area contributed by atoms with Crippen LogP contribution < -0.4 is 10.1 Å². The number of aliphatic carboxylic acids is 1. The zero-order valence-corrected chi connectivity index (χ0v) is 12.0. The van der Waals surface area contributed by atoms with Gasteiger partial charge in [-0.1, -0.05) is 20.8 Å². The van der Waals surface area contributed by atoms with E-state index in [1.165, 1.54) is 7.11 Å². The van der Waals surface area contributed by atoms with Gasteiger partial charge in [-0.05, 0) is 12.3 Å². The lowest BCUT2D eigenvalue weighted by atomic mass is 9.85. The number of hydrogen-bond donors (Lipinski definition) is 2. The van der Waals surface area contributed by atoms with Crippen LogP contribution in [0.1, 0.15) is 33.0 Å². The average Bonchev–Trinajstić information content (AvgIpc) is 2.25. The molecule has 0 bridgehead atoms. The number of methoxy groups -OCH3 is 1. The molecule has 0 fully saturated rings. The highest BCUT2D eigenvalue weighted by Gasteiger charge is 2.27. The molecule has 0 amide bonds. The van der Waals surface area contributed by atoms with Crippen molar-refractivity contribution in [3.8, 4) is 5.88 Å². The van der Waals surface area contributed by atoms with E-state index in [0.29, 0.717) is 17.5 Å². The first-order valence-electron chi connectivity index (χ1n) is 6.10. The largest absolute Gasteiger partial charge is 0.481 e. The maximum absolute atomic E-state index is 10.9. The summed E-state index contributed by atoms with van der Waals surface area (Å²) in [5.74, 6) is 0.763. The minimum atomic E-state index is -0.842. The summed E-state index contributed by atoms with van der Waals surface area (Å²) in [7, 11) is 1.53. The minimum Gasteiger partial charge on any atom is -0.481 e. The fraction of sp³-hybridized carbons (Fsp3) is 0.615. The Morgan fingerprint density at radius 2 is 2.11 bits per heavy atom. The van der Waals surface area contributed by atoms with Gasteiger partial charge in [0.25, 0.3) is 0 Å². The molecular weight excluding hydrogens is 246 g/mol. The molecule has 2 N–H and O–H groups in total. The zero-order chi connectivity index (χ0) is 14.6. The van der Waals surface area contributed by atoms with Crippen LogP contribution in [0, 0.1) is 12.3 Å². The number of aromatic nitrogens is 2. The lowest BCUT2D eigenvalue weighted by Crippen LogP contribution is -2.36. The van der Waals surface area contributed by atoms with E-state index < -0.39 is 5.97 Å². The molecule has 0 aliphatic carbocycles. The van der Waals surface area contributed by atoms with Gasteiger partial charge in [0.15, 0.2) is 0 Å². The van der Waals surface area contributed by atoms with Crippen molar-refractivity contribution in [2.75, 3.05) is 12.4 Å². The van der Waals surface area contributed by atoms with Gasteiger partial charge < -0.3 is 15.2 Å². The molecule has 1 aromatic heterocycles. The zero-order valence-electron chi connectivity index (χ0n) is 12.0. The van der Waals surface area contributed by atoms with Gasteiger partial charge in [-0.3, -0.25) is 4.79 Å². The second-order valence-electron chi connectivity index (χ2n) is 5.50. The monoisotopic (exact) mass is 267 g/mol. The predicted molar refractivity (Wildman–Crippen MR) is 72.4 cm³/mol. The van der Waals surface area contributed by atoms with Crippen LogP contribution in [0.15, 0.2) is 6.07 Å². The number of carboxylic acid groups (broad SMARTS) is 1. The molecule has 1 rings (SSSR count). The van der Waals surface area contributed by atoms with Crippen molar-refractivity contribution in [2.45, 2.75) is 40.2 Å². The van der Waals surface area contributed by atoms with Gasteiger partial charge >= 0.3 is 5.97 Å². The number of nitrogens with one attached hydrogen (secondary N) is 1. The Bertz CT molecular complexity index is 455. The van der Waals surface area contributed by atoms with Crippen molar-refractivity contribution < 1.29 is 14.6 Å². The summed E-state index contributed by atoms with van der Waals surface area (Å²) in [5.41, 5.74) is -0.204. The summed E-state index contributed by atoms with van der Waals surface area (Å²) in [6.07, 6.45) is 0.0227. The summed E-state index contributed by atoms with van der Waals surface area (Å²) in [6, 6.07) is 1.43. The third-order valence-electron chi connectivity index (χ3n) is 2.77. The molecule has 0 saturated carbocycles. The van der Waals surface area contributed by atoms with Crippen molar-refractivity contribution in [3.05, 3.63) is 11.9 Å². The number of rotatable bonds is 5. The summed E-state index contributed by atoms with van der Waals surface area (Å²) in [4.78, 5) is 19.3. The molecule has 1 atom stereocenters. The molecule has 1 aromatic rings. The first-order chi connectivity index (χ1) is 8.72. The topological polar surface area (TPSA) is 84.3 Å². The second-order valence-corrected chi connectivity index (χ2v) is 5.50. The molecule has 0 aromatic carbocycles. The van der Waals surface area contributed by atoms with Gasteiger partial charge in [0, 0.05) is 12.1 Å². The van der Waals surface area contributed by atoms with Crippen LogP contribution in [0.3, 0.4) is 0 Å². The first kappa shape index (κ1) is 15.2. The van der Waals surface area contributed by atoms with Crippen molar-refractivity contribution in [1.29, 1.82) is 0 Å². The van der Waals surface area contributed by atoms with E-state index in [4.69, 9.17) is 9.84 Å². The minimum absolute atomic E-state index is 0.0227. The number of ether oxygens (including phenoxy) is 1. The van der Waals surface area contributed by atoms with Gasteiger partial charge in [0.05, 0.1) is 13.5 Å². The summed E-state index contributed by atoms with van der Waals surface area (Å²) < 4.78 is 5.08. The van der Waals surface area contributed by atoms with Gasteiger partial charge in [-0.2, -0.15) is 4.98 Å². The van der Waals surface area contributed by atoms with Gasteiger partial charge in [-0.15, -0.1) is 0 Å². The Morgan fingerprint density at radius 3 is 2.58 bits per heavy atom. The van der Waals surface area contributed by atoms with E-state index in [1.54, 1.807) is 13.0 Å². The smallest absolute Gasteiger partial charge is 0.305 e. The molecule has 1 heterocycles. The summed E-state index contributed by atoms with van der Waals surface area (Å²) >= 11 is 0.